The monoisotopic (exact) mass is 286 g/mol. The number of hydrogen-bond acceptors (Lipinski definition) is 4. The highest BCUT2D eigenvalue weighted by Crippen LogP contribution is 2.35. The van der Waals surface area contributed by atoms with Crippen LogP contribution in [0.2, 0.25) is 5.02 Å². The topological polar surface area (TPSA) is 80.9 Å². The second-order valence-corrected chi connectivity index (χ2v) is 4.09. The maximum absolute atomic E-state index is 6.03. The van der Waals surface area contributed by atoms with Crippen molar-refractivity contribution >= 4 is 23.2 Å². The highest BCUT2D eigenvalue weighted by molar-refractivity contribution is 6.32. The van der Waals surface area contributed by atoms with Gasteiger partial charge in [-0.3, -0.25) is 10.4 Å². The quantitative estimate of drug-likeness (QED) is 0.334. The summed E-state index contributed by atoms with van der Waals surface area (Å²) in [7, 11) is 3.10. The molecule has 1 aromatic carbocycles. The molecule has 7 heteroatoms. The molecule has 1 rings (SSSR count). The first-order valence-electron chi connectivity index (χ1n) is 5.85. The van der Waals surface area contributed by atoms with Gasteiger partial charge in [0.15, 0.2) is 0 Å². The average molecular weight is 287 g/mol. The van der Waals surface area contributed by atoms with E-state index < -0.39 is 0 Å². The van der Waals surface area contributed by atoms with Gasteiger partial charge in [0.2, 0.25) is 5.96 Å². The molecule has 4 N–H and O–H groups in total. The molecule has 0 heterocycles. The average Bonchev–Trinajstić information content (AvgIpc) is 2.44. The first-order valence-corrected chi connectivity index (χ1v) is 6.23. The van der Waals surface area contributed by atoms with Crippen LogP contribution in [0.5, 0.6) is 11.5 Å². The molecular weight excluding hydrogens is 268 g/mol. The van der Waals surface area contributed by atoms with Crippen LogP contribution in [-0.4, -0.2) is 26.7 Å². The molecule has 0 aromatic heterocycles. The number of hydrogen-bond donors (Lipinski definition) is 3. The Morgan fingerprint density at radius 3 is 2.53 bits per heavy atom. The minimum Gasteiger partial charge on any atom is -0.495 e. The molecule has 0 bridgehead atoms. The lowest BCUT2D eigenvalue weighted by atomic mass is 10.2. The lowest BCUT2D eigenvalue weighted by Crippen LogP contribution is -2.36. The van der Waals surface area contributed by atoms with E-state index in [-0.39, 0.29) is 0 Å². The van der Waals surface area contributed by atoms with Crippen LogP contribution < -0.4 is 26.1 Å². The molecule has 0 aliphatic heterocycles. The van der Waals surface area contributed by atoms with Gasteiger partial charge in [-0.25, -0.2) is 5.84 Å². The van der Waals surface area contributed by atoms with Gasteiger partial charge in [-0.1, -0.05) is 18.5 Å². The zero-order chi connectivity index (χ0) is 14.3. The van der Waals surface area contributed by atoms with Crippen LogP contribution in [0.1, 0.15) is 13.3 Å². The van der Waals surface area contributed by atoms with E-state index in [9.17, 15) is 0 Å². The molecule has 106 valence electrons. The summed E-state index contributed by atoms with van der Waals surface area (Å²) in [5, 5.41) is 3.51. The number of aliphatic imine (C=N–C) groups is 1. The van der Waals surface area contributed by atoms with E-state index in [1.54, 1.807) is 26.4 Å². The summed E-state index contributed by atoms with van der Waals surface area (Å²) in [6.45, 7) is 2.70. The summed E-state index contributed by atoms with van der Waals surface area (Å²) in [6, 6.07) is 3.39. The number of guanidine groups is 1. The van der Waals surface area contributed by atoms with Crippen LogP contribution in [0.25, 0.3) is 0 Å². The number of halogens is 1. The first kappa shape index (κ1) is 15.4. The number of nitrogens with one attached hydrogen (secondary N) is 2. The van der Waals surface area contributed by atoms with Crippen molar-refractivity contribution in [3.8, 4) is 11.5 Å². The Morgan fingerprint density at radius 1 is 1.32 bits per heavy atom. The lowest BCUT2D eigenvalue weighted by molar-refractivity contribution is 0.405. The summed E-state index contributed by atoms with van der Waals surface area (Å²) in [5.74, 6) is 6.97. The summed E-state index contributed by atoms with van der Waals surface area (Å²) in [6.07, 6.45) is 0.925. The van der Waals surface area contributed by atoms with E-state index in [0.717, 1.165) is 6.42 Å². The van der Waals surface area contributed by atoms with Crippen LogP contribution in [0.4, 0.5) is 5.69 Å². The molecule has 0 aliphatic carbocycles. The van der Waals surface area contributed by atoms with Crippen LogP contribution in [-0.2, 0) is 0 Å². The second-order valence-electron chi connectivity index (χ2n) is 3.69. The SMILES string of the molecule is CCCN=C(NN)Nc1cc(OC)c(Cl)cc1OC. The van der Waals surface area contributed by atoms with Crippen molar-refractivity contribution in [3.63, 3.8) is 0 Å². The Hall–Kier alpha value is -1.66. The smallest absolute Gasteiger partial charge is 0.210 e. The Bertz CT molecular complexity index is 452. The van der Waals surface area contributed by atoms with E-state index in [1.807, 2.05) is 6.92 Å². The third kappa shape index (κ3) is 4.18. The fourth-order valence-electron chi connectivity index (χ4n) is 1.43. The number of nitrogens with two attached hydrogens (primary N) is 1. The van der Waals surface area contributed by atoms with Crippen molar-refractivity contribution < 1.29 is 9.47 Å². The molecule has 0 radical (unpaired) electrons. The fourth-order valence-corrected chi connectivity index (χ4v) is 1.66. The maximum Gasteiger partial charge on any atom is 0.210 e. The molecule has 0 spiro atoms. The second kappa shape index (κ2) is 7.70. The van der Waals surface area contributed by atoms with E-state index in [1.165, 1.54) is 0 Å². The number of nitrogens with zero attached hydrogens (tertiary/aromatic N) is 1. The molecule has 0 saturated carbocycles. The van der Waals surface area contributed by atoms with Crippen molar-refractivity contribution in [2.24, 2.45) is 10.8 Å². The largest absolute Gasteiger partial charge is 0.495 e. The molecule has 0 unspecified atom stereocenters. The predicted octanol–water partition coefficient (Wildman–Crippen LogP) is 2.00. The highest BCUT2D eigenvalue weighted by Gasteiger charge is 2.11. The van der Waals surface area contributed by atoms with Gasteiger partial charge in [0, 0.05) is 18.7 Å². The molecule has 1 aromatic rings. The molecule has 19 heavy (non-hydrogen) atoms. The molecular formula is C12H19ClN4O2. The van der Waals surface area contributed by atoms with Gasteiger partial charge < -0.3 is 14.8 Å². The Morgan fingerprint density at radius 2 is 2.00 bits per heavy atom. The van der Waals surface area contributed by atoms with Gasteiger partial charge in [-0.05, 0) is 6.42 Å². The normalized spacial score (nSPS) is 11.1. The van der Waals surface area contributed by atoms with Gasteiger partial charge in [0.25, 0.3) is 0 Å². The van der Waals surface area contributed by atoms with Crippen molar-refractivity contribution in [2.75, 3.05) is 26.1 Å². The van der Waals surface area contributed by atoms with Gasteiger partial charge >= 0.3 is 0 Å². The minimum atomic E-state index is 0.449. The van der Waals surface area contributed by atoms with E-state index in [4.69, 9.17) is 26.9 Å². The molecule has 0 fully saturated rings. The van der Waals surface area contributed by atoms with Crippen LogP contribution in [0, 0.1) is 0 Å². The van der Waals surface area contributed by atoms with E-state index >= 15 is 0 Å². The first-order chi connectivity index (χ1) is 9.15. The molecule has 0 atom stereocenters. The molecule has 0 aliphatic rings. The zero-order valence-corrected chi connectivity index (χ0v) is 12.0. The third-order valence-corrected chi connectivity index (χ3v) is 2.65. The van der Waals surface area contributed by atoms with E-state index in [2.05, 4.69) is 15.7 Å². The maximum atomic E-state index is 6.03. The molecule has 0 amide bonds. The lowest BCUT2D eigenvalue weighted by Gasteiger charge is -2.14. The predicted molar refractivity (Wildman–Crippen MR) is 78.1 cm³/mol. The standard InChI is InChI=1S/C12H19ClN4O2/c1-4-5-15-12(17-14)16-9-7-10(18-2)8(13)6-11(9)19-3/h6-7H,4-5,14H2,1-3H3,(H2,15,16,17). The molecule has 0 saturated heterocycles. The summed E-state index contributed by atoms with van der Waals surface area (Å²) in [4.78, 5) is 4.25. The van der Waals surface area contributed by atoms with Crippen LogP contribution in [0.3, 0.4) is 0 Å². The number of rotatable bonds is 5. The van der Waals surface area contributed by atoms with Gasteiger partial charge in [-0.2, -0.15) is 0 Å². The Kier molecular flexibility index (Phi) is 6.24. The van der Waals surface area contributed by atoms with Gasteiger partial charge in [-0.15, -0.1) is 0 Å². The number of ether oxygens (including phenoxy) is 2. The van der Waals surface area contributed by atoms with Crippen molar-refractivity contribution in [1.29, 1.82) is 0 Å². The third-order valence-electron chi connectivity index (χ3n) is 2.36. The van der Waals surface area contributed by atoms with E-state index in [0.29, 0.717) is 34.7 Å². The molecule has 6 nitrogen and oxygen atoms in total. The minimum absolute atomic E-state index is 0.449. The number of anilines is 1. The summed E-state index contributed by atoms with van der Waals surface area (Å²) >= 11 is 6.03. The van der Waals surface area contributed by atoms with Gasteiger partial charge in [0.05, 0.1) is 24.9 Å². The van der Waals surface area contributed by atoms with Crippen LogP contribution in [0.15, 0.2) is 17.1 Å². The van der Waals surface area contributed by atoms with Crippen molar-refractivity contribution in [1.82, 2.24) is 5.43 Å². The Labute approximate surface area is 117 Å². The fraction of sp³-hybridized carbons (Fsp3) is 0.417. The van der Waals surface area contributed by atoms with Gasteiger partial charge in [0.1, 0.15) is 11.5 Å². The van der Waals surface area contributed by atoms with Crippen molar-refractivity contribution in [2.45, 2.75) is 13.3 Å². The zero-order valence-electron chi connectivity index (χ0n) is 11.3. The summed E-state index contributed by atoms with van der Waals surface area (Å²) in [5.41, 5.74) is 3.16. The number of benzene rings is 1. The van der Waals surface area contributed by atoms with Crippen molar-refractivity contribution in [3.05, 3.63) is 17.2 Å². The Balaban J connectivity index is 3.04. The highest BCUT2D eigenvalue weighted by atomic mass is 35.5. The van der Waals surface area contributed by atoms with Crippen LogP contribution >= 0.6 is 11.6 Å². The number of hydrazine groups is 1. The number of methoxy groups -OCH3 is 2. The summed E-state index contributed by atoms with van der Waals surface area (Å²) < 4.78 is 10.4.